The van der Waals surface area contributed by atoms with Crippen LogP contribution in [0.4, 0.5) is 0 Å². The number of piperidine rings is 1. The van der Waals surface area contributed by atoms with Crippen LogP contribution in [0.1, 0.15) is 19.3 Å². The Morgan fingerprint density at radius 3 is 2.81 bits per heavy atom. The van der Waals surface area contributed by atoms with E-state index < -0.39 is 0 Å². The lowest BCUT2D eigenvalue weighted by molar-refractivity contribution is -0.122. The molecule has 3 N–H and O–H groups in total. The molecule has 0 radical (unpaired) electrons. The van der Waals surface area contributed by atoms with Gasteiger partial charge >= 0.3 is 0 Å². The fourth-order valence-corrected chi connectivity index (χ4v) is 1.81. The summed E-state index contributed by atoms with van der Waals surface area (Å²) in [4.78, 5) is 13.6. The summed E-state index contributed by atoms with van der Waals surface area (Å²) in [5, 5.41) is 2.88. The molecule has 1 saturated heterocycles. The third kappa shape index (κ3) is 5.44. The molecule has 0 atom stereocenters. The van der Waals surface area contributed by atoms with E-state index in [1.165, 1.54) is 0 Å². The lowest BCUT2D eigenvalue weighted by atomic mass is 10.1. The standard InChI is InChI=1S/C11H23N3O2/c1-16-9-4-11(15)13-5-8-14-6-2-10(12)3-7-14/h10H,2-9,12H2,1H3,(H,13,15). The van der Waals surface area contributed by atoms with E-state index in [4.69, 9.17) is 10.5 Å². The second-order valence-electron chi connectivity index (χ2n) is 4.27. The first kappa shape index (κ1) is 13.4. The van der Waals surface area contributed by atoms with Crippen molar-refractivity contribution in [3.8, 4) is 0 Å². The van der Waals surface area contributed by atoms with Gasteiger partial charge in [-0.25, -0.2) is 0 Å². The van der Waals surface area contributed by atoms with Crippen LogP contribution >= 0.6 is 0 Å². The minimum atomic E-state index is 0.0653. The zero-order chi connectivity index (χ0) is 11.8. The number of hydrogen-bond donors (Lipinski definition) is 2. The first-order valence-electron chi connectivity index (χ1n) is 5.96. The van der Waals surface area contributed by atoms with E-state index in [-0.39, 0.29) is 5.91 Å². The van der Waals surface area contributed by atoms with E-state index in [0.29, 0.717) is 19.1 Å². The van der Waals surface area contributed by atoms with Crippen molar-refractivity contribution >= 4 is 5.91 Å². The van der Waals surface area contributed by atoms with Crippen molar-refractivity contribution in [2.24, 2.45) is 5.73 Å². The van der Waals surface area contributed by atoms with Crippen LogP contribution in [-0.4, -0.2) is 56.7 Å². The predicted molar refractivity (Wildman–Crippen MR) is 63.2 cm³/mol. The second-order valence-corrected chi connectivity index (χ2v) is 4.27. The van der Waals surface area contributed by atoms with E-state index in [2.05, 4.69) is 10.2 Å². The molecule has 0 unspecified atom stereocenters. The van der Waals surface area contributed by atoms with Crippen molar-refractivity contribution in [2.75, 3.05) is 39.9 Å². The van der Waals surface area contributed by atoms with Gasteiger partial charge in [-0.05, 0) is 25.9 Å². The molecule has 0 bridgehead atoms. The van der Waals surface area contributed by atoms with Gasteiger partial charge in [0.25, 0.3) is 0 Å². The second kappa shape index (κ2) is 7.60. The molecule has 5 nitrogen and oxygen atoms in total. The molecule has 16 heavy (non-hydrogen) atoms. The molecule has 0 aromatic carbocycles. The van der Waals surface area contributed by atoms with Crippen molar-refractivity contribution in [3.05, 3.63) is 0 Å². The van der Waals surface area contributed by atoms with E-state index in [1.54, 1.807) is 7.11 Å². The summed E-state index contributed by atoms with van der Waals surface area (Å²) in [6.07, 6.45) is 2.58. The quantitative estimate of drug-likeness (QED) is 0.648. The molecule has 1 aliphatic heterocycles. The van der Waals surface area contributed by atoms with Gasteiger partial charge in [-0.3, -0.25) is 4.79 Å². The Morgan fingerprint density at radius 2 is 2.19 bits per heavy atom. The van der Waals surface area contributed by atoms with Crippen LogP contribution in [0, 0.1) is 0 Å². The number of nitrogens with zero attached hydrogens (tertiary/aromatic N) is 1. The van der Waals surface area contributed by atoms with E-state index >= 15 is 0 Å². The maximum Gasteiger partial charge on any atom is 0.222 e. The topological polar surface area (TPSA) is 67.6 Å². The normalized spacial score (nSPS) is 18.6. The van der Waals surface area contributed by atoms with Crippen LogP contribution in [0.3, 0.4) is 0 Å². The van der Waals surface area contributed by atoms with Gasteiger partial charge in [-0.15, -0.1) is 0 Å². The van der Waals surface area contributed by atoms with E-state index in [9.17, 15) is 4.79 Å². The highest BCUT2D eigenvalue weighted by molar-refractivity contribution is 5.75. The van der Waals surface area contributed by atoms with Gasteiger partial charge in [0, 0.05) is 32.7 Å². The molecule has 0 aromatic rings. The zero-order valence-corrected chi connectivity index (χ0v) is 10.1. The molecule has 1 fully saturated rings. The van der Waals surface area contributed by atoms with Crippen LogP contribution in [-0.2, 0) is 9.53 Å². The summed E-state index contributed by atoms with van der Waals surface area (Å²) >= 11 is 0. The summed E-state index contributed by atoms with van der Waals surface area (Å²) < 4.78 is 4.84. The molecular formula is C11H23N3O2. The fraction of sp³-hybridized carbons (Fsp3) is 0.909. The van der Waals surface area contributed by atoms with Crippen molar-refractivity contribution in [2.45, 2.75) is 25.3 Å². The van der Waals surface area contributed by atoms with Crippen molar-refractivity contribution in [1.29, 1.82) is 0 Å². The monoisotopic (exact) mass is 229 g/mol. The third-order valence-corrected chi connectivity index (χ3v) is 2.92. The Hall–Kier alpha value is -0.650. The first-order valence-corrected chi connectivity index (χ1v) is 5.96. The molecule has 0 aromatic heterocycles. The maximum absolute atomic E-state index is 11.3. The fourth-order valence-electron chi connectivity index (χ4n) is 1.81. The molecule has 5 heteroatoms. The number of carbonyl (C=O) groups is 1. The molecule has 1 heterocycles. The third-order valence-electron chi connectivity index (χ3n) is 2.92. The van der Waals surface area contributed by atoms with Crippen molar-refractivity contribution in [1.82, 2.24) is 10.2 Å². The Morgan fingerprint density at radius 1 is 1.50 bits per heavy atom. The number of nitrogens with two attached hydrogens (primary N) is 1. The highest BCUT2D eigenvalue weighted by Crippen LogP contribution is 2.06. The number of amides is 1. The zero-order valence-electron chi connectivity index (χ0n) is 10.1. The average molecular weight is 229 g/mol. The largest absolute Gasteiger partial charge is 0.384 e. The van der Waals surface area contributed by atoms with E-state index in [1.807, 2.05) is 0 Å². The Balaban J connectivity index is 2.00. The van der Waals surface area contributed by atoms with Gasteiger partial charge in [-0.2, -0.15) is 0 Å². The summed E-state index contributed by atoms with van der Waals surface area (Å²) in [7, 11) is 1.60. The van der Waals surface area contributed by atoms with Gasteiger partial charge in [-0.1, -0.05) is 0 Å². The molecule has 1 aliphatic rings. The number of rotatable bonds is 6. The summed E-state index contributed by atoms with van der Waals surface area (Å²) in [5.74, 6) is 0.0653. The van der Waals surface area contributed by atoms with Gasteiger partial charge in [0.05, 0.1) is 6.61 Å². The molecular weight excluding hydrogens is 206 g/mol. The number of likely N-dealkylation sites (tertiary alicyclic amines) is 1. The summed E-state index contributed by atoms with van der Waals surface area (Å²) in [5.41, 5.74) is 5.82. The average Bonchev–Trinajstić information content (AvgIpc) is 2.29. The number of methoxy groups -OCH3 is 1. The minimum absolute atomic E-state index is 0.0653. The smallest absolute Gasteiger partial charge is 0.222 e. The summed E-state index contributed by atoms with van der Waals surface area (Å²) in [6.45, 7) is 4.23. The molecule has 1 amide bonds. The Bertz CT molecular complexity index is 203. The van der Waals surface area contributed by atoms with Gasteiger partial charge in [0.2, 0.25) is 5.91 Å². The lowest BCUT2D eigenvalue weighted by Crippen LogP contribution is -2.43. The van der Waals surface area contributed by atoms with Gasteiger partial charge in [0.1, 0.15) is 0 Å². The number of ether oxygens (including phenoxy) is 1. The first-order chi connectivity index (χ1) is 7.72. The van der Waals surface area contributed by atoms with Crippen molar-refractivity contribution in [3.63, 3.8) is 0 Å². The predicted octanol–water partition coefficient (Wildman–Crippen LogP) is -0.438. The SMILES string of the molecule is COCCC(=O)NCCN1CCC(N)CC1. The molecule has 0 spiro atoms. The van der Waals surface area contributed by atoms with Crippen LogP contribution in [0.25, 0.3) is 0 Å². The van der Waals surface area contributed by atoms with E-state index in [0.717, 1.165) is 39.0 Å². The lowest BCUT2D eigenvalue weighted by Gasteiger charge is -2.29. The Kier molecular flexibility index (Phi) is 6.37. The highest BCUT2D eigenvalue weighted by Gasteiger charge is 2.15. The minimum Gasteiger partial charge on any atom is -0.384 e. The van der Waals surface area contributed by atoms with Crippen molar-refractivity contribution < 1.29 is 9.53 Å². The van der Waals surface area contributed by atoms with Crippen LogP contribution < -0.4 is 11.1 Å². The summed E-state index contributed by atoms with van der Waals surface area (Å²) in [6, 6.07) is 0.368. The Labute approximate surface area is 97.3 Å². The van der Waals surface area contributed by atoms with Gasteiger partial charge in [0.15, 0.2) is 0 Å². The van der Waals surface area contributed by atoms with Crippen LogP contribution in [0.15, 0.2) is 0 Å². The van der Waals surface area contributed by atoms with Crippen LogP contribution in [0.2, 0.25) is 0 Å². The highest BCUT2D eigenvalue weighted by atomic mass is 16.5. The van der Waals surface area contributed by atoms with Gasteiger partial charge < -0.3 is 20.7 Å². The number of hydrogen-bond acceptors (Lipinski definition) is 4. The molecule has 1 rings (SSSR count). The number of nitrogens with one attached hydrogen (secondary N) is 1. The molecule has 0 aliphatic carbocycles. The maximum atomic E-state index is 11.3. The molecule has 94 valence electrons. The molecule has 0 saturated carbocycles. The number of carbonyl (C=O) groups excluding carboxylic acids is 1. The van der Waals surface area contributed by atoms with Crippen LogP contribution in [0.5, 0.6) is 0 Å².